The van der Waals surface area contributed by atoms with Crippen molar-refractivity contribution in [3.05, 3.63) is 72.1 Å². The minimum atomic E-state index is -0.323. The van der Waals surface area contributed by atoms with Gasteiger partial charge in [0, 0.05) is 43.8 Å². The molecule has 0 radical (unpaired) electrons. The highest BCUT2D eigenvalue weighted by atomic mass is 19.1. The molecule has 1 fully saturated rings. The van der Waals surface area contributed by atoms with Crippen molar-refractivity contribution >= 4 is 29.0 Å². The summed E-state index contributed by atoms with van der Waals surface area (Å²) in [4.78, 5) is 38.6. The Morgan fingerprint density at radius 3 is 2.63 bits per heavy atom. The fourth-order valence-corrected chi connectivity index (χ4v) is 3.09. The largest absolute Gasteiger partial charge is 0.354 e. The zero-order valence-corrected chi connectivity index (χ0v) is 16.0. The average molecular weight is 406 g/mol. The predicted molar refractivity (Wildman–Crippen MR) is 109 cm³/mol. The van der Waals surface area contributed by atoms with Crippen LogP contribution in [0.1, 0.15) is 15.9 Å². The number of pyridine rings is 1. The van der Waals surface area contributed by atoms with E-state index in [1.54, 1.807) is 35.5 Å². The van der Waals surface area contributed by atoms with Gasteiger partial charge in [-0.15, -0.1) is 0 Å². The number of amides is 1. The van der Waals surface area contributed by atoms with Gasteiger partial charge < -0.3 is 15.5 Å². The van der Waals surface area contributed by atoms with Gasteiger partial charge in [0.05, 0.1) is 24.0 Å². The predicted octanol–water partition coefficient (Wildman–Crippen LogP) is 2.12. The number of piperazine rings is 1. The molecule has 4 rings (SSSR count). The van der Waals surface area contributed by atoms with Crippen LogP contribution < -0.4 is 15.5 Å². The van der Waals surface area contributed by atoms with Gasteiger partial charge in [0.1, 0.15) is 5.82 Å². The minimum Gasteiger partial charge on any atom is -0.354 e. The molecule has 30 heavy (non-hydrogen) atoms. The Morgan fingerprint density at radius 2 is 1.90 bits per heavy atom. The van der Waals surface area contributed by atoms with E-state index in [2.05, 4.69) is 25.6 Å². The maximum absolute atomic E-state index is 13.1. The first-order chi connectivity index (χ1) is 14.6. The highest BCUT2D eigenvalue weighted by molar-refractivity contribution is 5.97. The van der Waals surface area contributed by atoms with Crippen LogP contribution in [0.15, 0.2) is 55.1 Å². The number of carbonyl (C=O) groups is 2. The van der Waals surface area contributed by atoms with Gasteiger partial charge >= 0.3 is 0 Å². The Kier molecular flexibility index (Phi) is 5.60. The molecule has 1 amide bonds. The second kappa shape index (κ2) is 8.64. The molecule has 3 heterocycles. The Hall–Kier alpha value is -3.88. The van der Waals surface area contributed by atoms with Gasteiger partial charge in [0.2, 0.25) is 11.9 Å². The third-order valence-corrected chi connectivity index (χ3v) is 4.67. The molecule has 3 aromatic rings. The Morgan fingerprint density at radius 1 is 1.13 bits per heavy atom. The highest BCUT2D eigenvalue weighted by Crippen LogP contribution is 2.22. The van der Waals surface area contributed by atoms with E-state index >= 15 is 0 Å². The topological polar surface area (TPSA) is 100 Å². The van der Waals surface area contributed by atoms with Crippen LogP contribution in [0.2, 0.25) is 0 Å². The summed E-state index contributed by atoms with van der Waals surface area (Å²) in [6.45, 7) is 1.35. The fraction of sp³-hybridized carbons (Fsp3) is 0.190. The summed E-state index contributed by atoms with van der Waals surface area (Å²) in [5, 5.41) is 5.90. The minimum absolute atomic E-state index is 0.0797. The molecule has 1 saturated heterocycles. The van der Waals surface area contributed by atoms with E-state index in [9.17, 15) is 14.0 Å². The van der Waals surface area contributed by atoms with Crippen LogP contribution in [0.25, 0.3) is 0 Å². The van der Waals surface area contributed by atoms with E-state index in [1.165, 1.54) is 24.5 Å². The van der Waals surface area contributed by atoms with Crippen molar-refractivity contribution in [1.82, 2.24) is 20.3 Å². The van der Waals surface area contributed by atoms with Gasteiger partial charge in [0.25, 0.3) is 0 Å². The Balaban J connectivity index is 1.46. The van der Waals surface area contributed by atoms with Crippen molar-refractivity contribution in [3.63, 3.8) is 0 Å². The first-order valence-electron chi connectivity index (χ1n) is 9.41. The zero-order valence-electron chi connectivity index (χ0n) is 16.0. The number of hydrogen-bond acceptors (Lipinski definition) is 7. The molecule has 0 aliphatic carbocycles. The molecule has 152 valence electrons. The van der Waals surface area contributed by atoms with Gasteiger partial charge in [-0.05, 0) is 35.9 Å². The fourth-order valence-electron chi connectivity index (χ4n) is 3.09. The third kappa shape index (κ3) is 4.57. The van der Waals surface area contributed by atoms with Crippen LogP contribution >= 0.6 is 0 Å². The molecular weight excluding hydrogens is 387 g/mol. The number of halogens is 1. The Labute approximate surface area is 172 Å². The molecule has 0 unspecified atom stereocenters. The van der Waals surface area contributed by atoms with E-state index in [0.717, 1.165) is 5.56 Å². The molecule has 1 aliphatic heterocycles. The van der Waals surface area contributed by atoms with Crippen molar-refractivity contribution < 1.29 is 14.0 Å². The number of carbonyl (C=O) groups excluding carboxylic acids is 2. The maximum Gasteiger partial charge on any atom is 0.239 e. The van der Waals surface area contributed by atoms with Gasteiger partial charge in [-0.3, -0.25) is 14.6 Å². The zero-order chi connectivity index (χ0) is 20.9. The molecule has 1 aromatic carbocycles. The smallest absolute Gasteiger partial charge is 0.239 e. The molecular formula is C21H19FN6O2. The normalized spacial score (nSPS) is 13.6. The number of nitrogens with one attached hydrogen (secondary N) is 2. The van der Waals surface area contributed by atoms with Crippen molar-refractivity contribution in [2.24, 2.45) is 0 Å². The highest BCUT2D eigenvalue weighted by Gasteiger charge is 2.19. The van der Waals surface area contributed by atoms with Crippen molar-refractivity contribution in [2.75, 3.05) is 29.9 Å². The van der Waals surface area contributed by atoms with E-state index in [4.69, 9.17) is 0 Å². The summed E-state index contributed by atoms with van der Waals surface area (Å²) in [6.07, 6.45) is 6.31. The van der Waals surface area contributed by atoms with E-state index in [-0.39, 0.29) is 30.5 Å². The van der Waals surface area contributed by atoms with Crippen LogP contribution in [0, 0.1) is 5.82 Å². The molecule has 0 saturated carbocycles. The van der Waals surface area contributed by atoms with Gasteiger partial charge in [0.15, 0.2) is 5.78 Å². The van der Waals surface area contributed by atoms with E-state index in [1.807, 2.05) is 0 Å². The summed E-state index contributed by atoms with van der Waals surface area (Å²) >= 11 is 0. The van der Waals surface area contributed by atoms with Crippen LogP contribution in [-0.2, 0) is 11.2 Å². The lowest BCUT2D eigenvalue weighted by Crippen LogP contribution is -2.48. The number of benzene rings is 1. The van der Waals surface area contributed by atoms with Gasteiger partial charge in [-0.25, -0.2) is 14.4 Å². The molecule has 0 spiro atoms. The number of anilines is 3. The van der Waals surface area contributed by atoms with Crippen LogP contribution in [0.4, 0.5) is 21.7 Å². The number of rotatable bonds is 6. The van der Waals surface area contributed by atoms with Crippen molar-refractivity contribution in [3.8, 4) is 0 Å². The SMILES string of the molecule is O=C1CN(c2ncc(C(=O)Cc3ccncc3Nc3ccc(F)cc3)cn2)CCN1. The lowest BCUT2D eigenvalue weighted by Gasteiger charge is -2.26. The van der Waals surface area contributed by atoms with Crippen LogP contribution in [-0.4, -0.2) is 46.3 Å². The second-order valence-corrected chi connectivity index (χ2v) is 6.81. The molecule has 9 heteroatoms. The summed E-state index contributed by atoms with van der Waals surface area (Å²) in [7, 11) is 0. The number of aromatic nitrogens is 3. The van der Waals surface area contributed by atoms with Crippen LogP contribution in [0.5, 0.6) is 0 Å². The molecule has 8 nitrogen and oxygen atoms in total. The molecule has 2 N–H and O–H groups in total. The second-order valence-electron chi connectivity index (χ2n) is 6.81. The average Bonchev–Trinajstić information content (AvgIpc) is 2.77. The van der Waals surface area contributed by atoms with Gasteiger partial charge in [-0.1, -0.05) is 0 Å². The summed E-state index contributed by atoms with van der Waals surface area (Å²) in [6, 6.07) is 7.69. The van der Waals surface area contributed by atoms with E-state index < -0.39 is 0 Å². The van der Waals surface area contributed by atoms with Crippen molar-refractivity contribution in [1.29, 1.82) is 0 Å². The van der Waals surface area contributed by atoms with E-state index in [0.29, 0.717) is 36.0 Å². The van der Waals surface area contributed by atoms with Gasteiger partial charge in [-0.2, -0.15) is 0 Å². The first-order valence-corrected chi connectivity index (χ1v) is 9.41. The number of Topliss-reactive ketones (excluding diaryl/α,β-unsaturated/α-hetero) is 1. The summed E-state index contributed by atoms with van der Waals surface area (Å²) in [5.41, 5.74) is 2.48. The lowest BCUT2D eigenvalue weighted by molar-refractivity contribution is -0.120. The standard InChI is InChI=1S/C21H19FN6O2/c22-16-1-3-17(4-2-16)27-18-12-23-6-5-14(18)9-19(29)15-10-25-21(26-11-15)28-8-7-24-20(30)13-28/h1-6,10-12,27H,7-9,13H2,(H,24,30). The Bertz CT molecular complexity index is 1060. The maximum atomic E-state index is 13.1. The first kappa shape index (κ1) is 19.4. The third-order valence-electron chi connectivity index (χ3n) is 4.67. The number of nitrogens with zero attached hydrogens (tertiary/aromatic N) is 4. The molecule has 0 bridgehead atoms. The van der Waals surface area contributed by atoms with Crippen LogP contribution in [0.3, 0.4) is 0 Å². The molecule has 0 atom stereocenters. The quantitative estimate of drug-likeness (QED) is 0.605. The molecule has 2 aromatic heterocycles. The number of hydrogen-bond donors (Lipinski definition) is 2. The molecule has 1 aliphatic rings. The number of ketones is 1. The lowest BCUT2D eigenvalue weighted by atomic mass is 10.0. The summed E-state index contributed by atoms with van der Waals surface area (Å²) in [5.74, 6) is -0.130. The monoisotopic (exact) mass is 406 g/mol. The van der Waals surface area contributed by atoms with Crippen molar-refractivity contribution in [2.45, 2.75) is 6.42 Å². The summed E-state index contributed by atoms with van der Waals surface area (Å²) < 4.78 is 13.1.